The van der Waals surface area contributed by atoms with Crippen molar-refractivity contribution in [2.75, 3.05) is 0 Å². The second-order valence-electron chi connectivity index (χ2n) is 5.19. The number of rotatable bonds is 4. The van der Waals surface area contributed by atoms with Crippen LogP contribution in [-0.4, -0.2) is 34.2 Å². The van der Waals surface area contributed by atoms with E-state index >= 15 is 0 Å². The lowest BCUT2D eigenvalue weighted by molar-refractivity contribution is 0.0598. The van der Waals surface area contributed by atoms with Crippen LogP contribution < -0.4 is 0 Å². The van der Waals surface area contributed by atoms with Gasteiger partial charge in [0.2, 0.25) is 6.29 Å². The zero-order chi connectivity index (χ0) is 14.5. The van der Waals surface area contributed by atoms with Crippen molar-refractivity contribution in [1.82, 2.24) is 9.88 Å². The smallest absolute Gasteiger partial charge is 0.256 e. The fraction of sp³-hybridized carbons (Fsp3) is 0.533. The third-order valence-electron chi connectivity index (χ3n) is 3.74. The molecule has 1 aromatic heterocycles. The zero-order valence-electron chi connectivity index (χ0n) is 11.5. The fourth-order valence-corrected chi connectivity index (χ4v) is 3.12. The summed E-state index contributed by atoms with van der Waals surface area (Å²) in [5.41, 5.74) is 0.507. The predicted octanol–water partition coefficient (Wildman–Crippen LogP) is 3.12. The number of pyridine rings is 1. The molecule has 5 heteroatoms. The SMILES string of the molecule is C[C@@H]([C]=O)N(C(=O)c1cncc(Br)c1)C1CCCCC1. The summed E-state index contributed by atoms with van der Waals surface area (Å²) in [5, 5.41) is 0. The maximum Gasteiger partial charge on any atom is 0.256 e. The van der Waals surface area contributed by atoms with Crippen LogP contribution in [0.1, 0.15) is 49.4 Å². The number of halogens is 1. The molecule has 0 unspecified atom stereocenters. The van der Waals surface area contributed by atoms with Gasteiger partial charge in [-0.1, -0.05) is 19.3 Å². The highest BCUT2D eigenvalue weighted by Gasteiger charge is 2.30. The first kappa shape index (κ1) is 15.2. The molecular formula is C15H18BrN2O2. The molecule has 0 bridgehead atoms. The molecule has 1 heterocycles. The summed E-state index contributed by atoms with van der Waals surface area (Å²) >= 11 is 3.32. The highest BCUT2D eigenvalue weighted by molar-refractivity contribution is 9.10. The maximum absolute atomic E-state index is 12.7. The third kappa shape index (κ3) is 3.45. The lowest BCUT2D eigenvalue weighted by Gasteiger charge is -2.36. The predicted molar refractivity (Wildman–Crippen MR) is 80.1 cm³/mol. The minimum atomic E-state index is -0.524. The second kappa shape index (κ2) is 6.97. The van der Waals surface area contributed by atoms with Gasteiger partial charge in [-0.2, -0.15) is 0 Å². The summed E-state index contributed by atoms with van der Waals surface area (Å²) < 4.78 is 0.759. The Morgan fingerprint density at radius 3 is 2.70 bits per heavy atom. The normalized spacial score (nSPS) is 17.5. The van der Waals surface area contributed by atoms with Crippen molar-refractivity contribution in [3.8, 4) is 0 Å². The van der Waals surface area contributed by atoms with Gasteiger partial charge in [-0.3, -0.25) is 14.6 Å². The Morgan fingerprint density at radius 2 is 2.10 bits per heavy atom. The molecule has 0 saturated heterocycles. The molecule has 107 valence electrons. The first-order valence-electron chi connectivity index (χ1n) is 6.94. The van der Waals surface area contributed by atoms with E-state index in [9.17, 15) is 9.59 Å². The van der Waals surface area contributed by atoms with Crippen LogP contribution >= 0.6 is 15.9 Å². The van der Waals surface area contributed by atoms with E-state index in [0.29, 0.717) is 5.56 Å². The topological polar surface area (TPSA) is 50.3 Å². The standard InChI is InChI=1S/C15H18BrN2O2/c1-11(10-19)18(14-5-3-2-4-6-14)15(20)12-7-13(16)9-17-8-12/h7-9,11,14H,2-6H2,1H3/t11-/m0/s1. The minimum absolute atomic E-state index is 0.131. The third-order valence-corrected chi connectivity index (χ3v) is 4.18. The molecule has 1 atom stereocenters. The molecule has 4 nitrogen and oxygen atoms in total. The molecule has 1 saturated carbocycles. The molecule has 1 radical (unpaired) electrons. The van der Waals surface area contributed by atoms with Crippen LogP contribution in [0.25, 0.3) is 0 Å². The van der Waals surface area contributed by atoms with Crippen LogP contribution in [-0.2, 0) is 4.79 Å². The number of hydrogen-bond donors (Lipinski definition) is 0. The van der Waals surface area contributed by atoms with Crippen molar-refractivity contribution < 1.29 is 9.59 Å². The van der Waals surface area contributed by atoms with E-state index in [0.717, 1.165) is 30.2 Å². The number of amides is 1. The maximum atomic E-state index is 12.7. The van der Waals surface area contributed by atoms with Crippen molar-refractivity contribution in [3.05, 3.63) is 28.5 Å². The van der Waals surface area contributed by atoms with Crippen LogP contribution in [0.3, 0.4) is 0 Å². The highest BCUT2D eigenvalue weighted by atomic mass is 79.9. The van der Waals surface area contributed by atoms with Gasteiger partial charge in [0.25, 0.3) is 5.91 Å². The summed E-state index contributed by atoms with van der Waals surface area (Å²) in [5.74, 6) is -0.137. The van der Waals surface area contributed by atoms with Crippen molar-refractivity contribution in [2.45, 2.75) is 51.1 Å². The van der Waals surface area contributed by atoms with Crippen molar-refractivity contribution >= 4 is 28.1 Å². The molecule has 1 fully saturated rings. The highest BCUT2D eigenvalue weighted by Crippen LogP contribution is 2.25. The second-order valence-corrected chi connectivity index (χ2v) is 6.11. The molecule has 1 aromatic rings. The van der Waals surface area contributed by atoms with Gasteiger partial charge >= 0.3 is 0 Å². The molecule has 0 spiro atoms. The summed E-state index contributed by atoms with van der Waals surface area (Å²) in [4.78, 5) is 29.4. The van der Waals surface area contributed by atoms with E-state index in [4.69, 9.17) is 0 Å². The van der Waals surface area contributed by atoms with Gasteiger partial charge in [0.05, 0.1) is 11.6 Å². The molecule has 0 aromatic carbocycles. The molecule has 1 amide bonds. The molecule has 20 heavy (non-hydrogen) atoms. The lowest BCUT2D eigenvalue weighted by Crippen LogP contribution is -2.47. The van der Waals surface area contributed by atoms with Gasteiger partial charge in [-0.15, -0.1) is 0 Å². The van der Waals surface area contributed by atoms with Gasteiger partial charge in [0.1, 0.15) is 0 Å². The minimum Gasteiger partial charge on any atom is -0.325 e. The number of hydrogen-bond acceptors (Lipinski definition) is 3. The zero-order valence-corrected chi connectivity index (χ0v) is 13.1. The van der Waals surface area contributed by atoms with Crippen molar-refractivity contribution in [3.63, 3.8) is 0 Å². The van der Waals surface area contributed by atoms with Crippen LogP contribution in [0.4, 0.5) is 0 Å². The molecular weight excluding hydrogens is 320 g/mol. The van der Waals surface area contributed by atoms with Gasteiger partial charge in [0.15, 0.2) is 0 Å². The van der Waals surface area contributed by atoms with E-state index in [1.165, 1.54) is 6.42 Å². The average Bonchev–Trinajstić information content (AvgIpc) is 2.48. The number of carbonyl (C=O) groups excluding carboxylic acids is 2. The van der Waals surface area contributed by atoms with E-state index < -0.39 is 6.04 Å². The van der Waals surface area contributed by atoms with Crippen molar-refractivity contribution in [2.24, 2.45) is 0 Å². The lowest BCUT2D eigenvalue weighted by atomic mass is 9.93. The van der Waals surface area contributed by atoms with E-state index in [1.807, 2.05) is 6.29 Å². The Balaban J connectivity index is 2.25. The molecule has 1 aliphatic rings. The van der Waals surface area contributed by atoms with Crippen LogP contribution in [0.15, 0.2) is 22.9 Å². The molecule has 0 aliphatic heterocycles. The van der Waals surface area contributed by atoms with Gasteiger partial charge in [-0.25, -0.2) is 0 Å². The summed E-state index contributed by atoms with van der Waals surface area (Å²) in [6.07, 6.45) is 10.5. The number of carbonyl (C=O) groups is 1. The summed E-state index contributed by atoms with van der Waals surface area (Å²) in [7, 11) is 0. The first-order valence-corrected chi connectivity index (χ1v) is 7.73. The van der Waals surface area contributed by atoms with Gasteiger partial charge < -0.3 is 4.90 Å². The number of nitrogens with zero attached hydrogens (tertiary/aromatic N) is 2. The Kier molecular flexibility index (Phi) is 5.29. The quantitative estimate of drug-likeness (QED) is 0.848. The van der Waals surface area contributed by atoms with Crippen molar-refractivity contribution in [1.29, 1.82) is 0 Å². The fourth-order valence-electron chi connectivity index (χ4n) is 2.75. The first-order chi connectivity index (χ1) is 9.63. The van der Waals surface area contributed by atoms with Crippen LogP contribution in [0.5, 0.6) is 0 Å². The summed E-state index contributed by atoms with van der Waals surface area (Å²) in [6, 6.07) is 1.35. The van der Waals surface area contributed by atoms with Crippen LogP contribution in [0.2, 0.25) is 0 Å². The Hall–Kier alpha value is -1.23. The largest absolute Gasteiger partial charge is 0.325 e. The Bertz CT molecular complexity index is 487. The van der Waals surface area contributed by atoms with Gasteiger partial charge in [0, 0.05) is 22.9 Å². The summed E-state index contributed by atoms with van der Waals surface area (Å²) in [6.45, 7) is 1.73. The van der Waals surface area contributed by atoms with Gasteiger partial charge in [-0.05, 0) is 41.8 Å². The monoisotopic (exact) mass is 337 g/mol. The Morgan fingerprint density at radius 1 is 1.40 bits per heavy atom. The number of aromatic nitrogens is 1. The van der Waals surface area contributed by atoms with E-state index in [2.05, 4.69) is 20.9 Å². The Labute approximate surface area is 127 Å². The van der Waals surface area contributed by atoms with E-state index in [1.54, 1.807) is 30.3 Å². The molecule has 1 aliphatic carbocycles. The molecule has 0 N–H and O–H groups in total. The van der Waals surface area contributed by atoms with Crippen LogP contribution in [0, 0.1) is 0 Å². The van der Waals surface area contributed by atoms with E-state index in [-0.39, 0.29) is 11.9 Å². The molecule has 2 rings (SSSR count). The average molecular weight is 338 g/mol.